The van der Waals surface area contributed by atoms with Crippen LogP contribution < -0.4 is 5.73 Å². The predicted octanol–water partition coefficient (Wildman–Crippen LogP) is 1.77. The number of rotatable bonds is 3. The Morgan fingerprint density at radius 1 is 1.53 bits per heavy atom. The highest BCUT2D eigenvalue weighted by Gasteiger charge is 2.17. The number of para-hydroxylation sites is 1. The average Bonchev–Trinajstić information content (AvgIpc) is 2.66. The van der Waals surface area contributed by atoms with E-state index in [1.807, 2.05) is 24.5 Å². The minimum Gasteiger partial charge on any atom is -0.478 e. The van der Waals surface area contributed by atoms with Crippen LogP contribution in [0.15, 0.2) is 18.2 Å². The van der Waals surface area contributed by atoms with Crippen molar-refractivity contribution >= 4 is 17.0 Å². The van der Waals surface area contributed by atoms with Gasteiger partial charge in [0.1, 0.15) is 11.3 Å². The Bertz CT molecular complexity index is 572. The third-order valence-electron chi connectivity index (χ3n) is 2.72. The minimum atomic E-state index is -0.965. The average molecular weight is 233 g/mol. The molecule has 0 bridgehead atoms. The maximum Gasteiger partial charge on any atom is 0.337 e. The number of carboxylic acids is 1. The summed E-state index contributed by atoms with van der Waals surface area (Å²) in [5.41, 5.74) is 7.20. The van der Waals surface area contributed by atoms with Gasteiger partial charge in [0.25, 0.3) is 0 Å². The Morgan fingerprint density at radius 3 is 2.76 bits per heavy atom. The quantitative estimate of drug-likeness (QED) is 0.846. The van der Waals surface area contributed by atoms with E-state index in [1.165, 1.54) is 0 Å². The van der Waals surface area contributed by atoms with E-state index in [4.69, 9.17) is 10.8 Å². The van der Waals surface area contributed by atoms with Crippen molar-refractivity contribution in [1.29, 1.82) is 0 Å². The second kappa shape index (κ2) is 4.18. The molecule has 0 saturated heterocycles. The molecule has 0 radical (unpaired) electrons. The number of fused-ring (bicyclic) bond motifs is 1. The van der Waals surface area contributed by atoms with Crippen LogP contribution in [0.1, 0.15) is 36.1 Å². The Morgan fingerprint density at radius 2 is 2.24 bits per heavy atom. The van der Waals surface area contributed by atoms with Crippen LogP contribution in [0.4, 0.5) is 0 Å². The molecule has 0 spiro atoms. The molecule has 0 aliphatic heterocycles. The van der Waals surface area contributed by atoms with E-state index >= 15 is 0 Å². The number of hydrogen-bond acceptors (Lipinski definition) is 3. The topological polar surface area (TPSA) is 81.1 Å². The summed E-state index contributed by atoms with van der Waals surface area (Å²) in [4.78, 5) is 15.4. The summed E-state index contributed by atoms with van der Waals surface area (Å²) in [6, 6.07) is 5.35. The first kappa shape index (κ1) is 11.6. The lowest BCUT2D eigenvalue weighted by Crippen LogP contribution is -2.10. The summed E-state index contributed by atoms with van der Waals surface area (Å²) in [7, 11) is 0. The Labute approximate surface area is 98.9 Å². The molecule has 90 valence electrons. The highest BCUT2D eigenvalue weighted by atomic mass is 16.4. The molecule has 1 aromatic heterocycles. The second-order valence-electron chi connectivity index (χ2n) is 4.17. The maximum atomic E-state index is 11.1. The summed E-state index contributed by atoms with van der Waals surface area (Å²) in [6.45, 7) is 4.34. The number of aromatic carboxylic acids is 1. The number of benzene rings is 1. The normalized spacial score (nSPS) is 11.3. The molecule has 3 N–H and O–H groups in total. The van der Waals surface area contributed by atoms with Crippen LogP contribution in [0.3, 0.4) is 0 Å². The predicted molar refractivity (Wildman–Crippen MR) is 65.0 cm³/mol. The lowest BCUT2D eigenvalue weighted by molar-refractivity contribution is 0.0699. The van der Waals surface area contributed by atoms with Crippen LogP contribution in [0.25, 0.3) is 11.0 Å². The Kier molecular flexibility index (Phi) is 2.85. The van der Waals surface area contributed by atoms with Gasteiger partial charge < -0.3 is 15.4 Å². The summed E-state index contributed by atoms with van der Waals surface area (Å²) < 4.78 is 1.97. The highest BCUT2D eigenvalue weighted by Crippen LogP contribution is 2.23. The monoisotopic (exact) mass is 233 g/mol. The highest BCUT2D eigenvalue weighted by molar-refractivity contribution is 6.01. The molecular weight excluding hydrogens is 218 g/mol. The van der Waals surface area contributed by atoms with Crippen molar-refractivity contribution in [2.24, 2.45) is 5.73 Å². The summed E-state index contributed by atoms with van der Waals surface area (Å²) in [5, 5.41) is 9.11. The van der Waals surface area contributed by atoms with Gasteiger partial charge in [-0.3, -0.25) is 0 Å². The van der Waals surface area contributed by atoms with Gasteiger partial charge >= 0.3 is 5.97 Å². The molecule has 0 aliphatic rings. The Hall–Kier alpha value is -1.88. The number of aromatic nitrogens is 2. The number of carbonyl (C=O) groups is 1. The Balaban J connectivity index is 2.82. The third kappa shape index (κ3) is 1.78. The van der Waals surface area contributed by atoms with Crippen LogP contribution in [-0.4, -0.2) is 20.6 Å². The lowest BCUT2D eigenvalue weighted by Gasteiger charge is -2.11. The largest absolute Gasteiger partial charge is 0.478 e. The SMILES string of the molecule is CC(C)n1c(CN)nc2c(C(=O)O)cccc21. The van der Waals surface area contributed by atoms with E-state index < -0.39 is 5.97 Å². The molecule has 5 heteroatoms. The molecule has 1 heterocycles. The van der Waals surface area contributed by atoms with Crippen LogP contribution >= 0.6 is 0 Å². The molecule has 2 aromatic rings. The van der Waals surface area contributed by atoms with E-state index in [0.717, 1.165) is 5.52 Å². The number of carboxylic acid groups (broad SMARTS) is 1. The molecule has 0 atom stereocenters. The second-order valence-corrected chi connectivity index (χ2v) is 4.17. The van der Waals surface area contributed by atoms with Gasteiger partial charge in [0.2, 0.25) is 0 Å². The van der Waals surface area contributed by atoms with Crippen molar-refractivity contribution in [3.8, 4) is 0 Å². The molecule has 17 heavy (non-hydrogen) atoms. The first-order valence-electron chi connectivity index (χ1n) is 5.49. The van der Waals surface area contributed by atoms with Crippen molar-refractivity contribution in [2.45, 2.75) is 26.4 Å². The lowest BCUT2D eigenvalue weighted by atomic mass is 10.2. The van der Waals surface area contributed by atoms with Crippen molar-refractivity contribution in [1.82, 2.24) is 9.55 Å². The van der Waals surface area contributed by atoms with Gasteiger partial charge in [-0.25, -0.2) is 9.78 Å². The molecule has 0 saturated carbocycles. The zero-order valence-electron chi connectivity index (χ0n) is 9.84. The molecule has 0 fully saturated rings. The van der Waals surface area contributed by atoms with Crippen molar-refractivity contribution in [3.05, 3.63) is 29.6 Å². The summed E-state index contributed by atoms with van der Waals surface area (Å²) >= 11 is 0. The van der Waals surface area contributed by atoms with Crippen molar-refractivity contribution < 1.29 is 9.90 Å². The summed E-state index contributed by atoms with van der Waals surface area (Å²) in [6.07, 6.45) is 0. The number of imidazole rings is 1. The van der Waals surface area contributed by atoms with Crippen LogP contribution in [0, 0.1) is 0 Å². The third-order valence-corrected chi connectivity index (χ3v) is 2.72. The molecule has 5 nitrogen and oxygen atoms in total. The van der Waals surface area contributed by atoms with Gasteiger partial charge in [0, 0.05) is 6.04 Å². The van der Waals surface area contributed by atoms with Gasteiger partial charge in [-0.05, 0) is 26.0 Å². The molecule has 1 aromatic carbocycles. The number of nitrogens with two attached hydrogens (primary N) is 1. The number of nitrogens with zero attached hydrogens (tertiary/aromatic N) is 2. The van der Waals surface area contributed by atoms with E-state index in [-0.39, 0.29) is 11.6 Å². The molecule has 0 amide bonds. The zero-order valence-corrected chi connectivity index (χ0v) is 9.84. The molecular formula is C12H15N3O2. The first-order valence-corrected chi connectivity index (χ1v) is 5.49. The van der Waals surface area contributed by atoms with Gasteiger partial charge in [-0.15, -0.1) is 0 Å². The fourth-order valence-corrected chi connectivity index (χ4v) is 2.06. The fourth-order valence-electron chi connectivity index (χ4n) is 2.06. The fraction of sp³-hybridized carbons (Fsp3) is 0.333. The van der Waals surface area contributed by atoms with E-state index in [1.54, 1.807) is 12.1 Å². The van der Waals surface area contributed by atoms with Gasteiger partial charge in [-0.2, -0.15) is 0 Å². The van der Waals surface area contributed by atoms with Crippen LogP contribution in [0.5, 0.6) is 0 Å². The minimum absolute atomic E-state index is 0.197. The van der Waals surface area contributed by atoms with E-state index in [0.29, 0.717) is 17.9 Å². The standard InChI is InChI=1S/C12H15N3O2/c1-7(2)15-9-5-3-4-8(12(16)17)11(9)14-10(15)6-13/h3-5,7H,6,13H2,1-2H3,(H,16,17). The molecule has 0 unspecified atom stereocenters. The van der Waals surface area contributed by atoms with Crippen LogP contribution in [0.2, 0.25) is 0 Å². The van der Waals surface area contributed by atoms with Crippen LogP contribution in [-0.2, 0) is 6.54 Å². The van der Waals surface area contributed by atoms with E-state index in [2.05, 4.69) is 4.98 Å². The van der Waals surface area contributed by atoms with Gasteiger partial charge in [0.15, 0.2) is 0 Å². The summed E-state index contributed by atoms with van der Waals surface area (Å²) in [5.74, 6) is -0.253. The van der Waals surface area contributed by atoms with Gasteiger partial charge in [0.05, 0.1) is 17.6 Å². The maximum absolute atomic E-state index is 11.1. The smallest absolute Gasteiger partial charge is 0.337 e. The molecule has 2 rings (SSSR count). The van der Waals surface area contributed by atoms with Gasteiger partial charge in [-0.1, -0.05) is 6.07 Å². The number of hydrogen-bond donors (Lipinski definition) is 2. The zero-order chi connectivity index (χ0) is 12.6. The first-order chi connectivity index (χ1) is 8.06. The molecule has 0 aliphatic carbocycles. The van der Waals surface area contributed by atoms with Crippen molar-refractivity contribution in [3.63, 3.8) is 0 Å². The van der Waals surface area contributed by atoms with E-state index in [9.17, 15) is 4.79 Å². The van der Waals surface area contributed by atoms with Crippen molar-refractivity contribution in [2.75, 3.05) is 0 Å².